The van der Waals surface area contributed by atoms with E-state index >= 15 is 0 Å². The molecule has 24 heavy (non-hydrogen) atoms. The number of nitrogens with zero attached hydrogens (tertiary/aromatic N) is 3. The first-order valence-corrected chi connectivity index (χ1v) is 7.34. The molecule has 0 aliphatic rings. The summed E-state index contributed by atoms with van der Waals surface area (Å²) in [7, 11) is 0. The first-order chi connectivity index (χ1) is 11.5. The van der Waals surface area contributed by atoms with E-state index in [1.807, 2.05) is 19.1 Å². The molecule has 0 bridgehead atoms. The summed E-state index contributed by atoms with van der Waals surface area (Å²) < 4.78 is 26.6. The number of halogens is 3. The lowest BCUT2D eigenvalue weighted by molar-refractivity contribution is 0.586. The van der Waals surface area contributed by atoms with Crippen LogP contribution in [0.25, 0.3) is 0 Å². The highest BCUT2D eigenvalue weighted by Crippen LogP contribution is 2.23. The second-order valence-corrected chi connectivity index (χ2v) is 5.41. The first-order valence-electron chi connectivity index (χ1n) is 6.96. The third-order valence-electron chi connectivity index (χ3n) is 3.18. The fourth-order valence-electron chi connectivity index (χ4n) is 1.95. The molecule has 0 aliphatic heterocycles. The Morgan fingerprint density at radius 3 is 2.62 bits per heavy atom. The Morgan fingerprint density at radius 1 is 1.04 bits per heavy atom. The van der Waals surface area contributed by atoms with Crippen LogP contribution in [-0.4, -0.2) is 15.2 Å². The van der Waals surface area contributed by atoms with Crippen LogP contribution in [0.4, 0.5) is 31.9 Å². The molecule has 3 rings (SSSR count). The van der Waals surface area contributed by atoms with Crippen molar-refractivity contribution in [3.63, 3.8) is 0 Å². The summed E-state index contributed by atoms with van der Waals surface area (Å²) in [6, 6.07) is 8.63. The van der Waals surface area contributed by atoms with Gasteiger partial charge in [0.15, 0.2) is 5.82 Å². The number of anilines is 4. The van der Waals surface area contributed by atoms with Gasteiger partial charge in [-0.3, -0.25) is 0 Å². The molecule has 8 heteroatoms. The molecule has 0 atom stereocenters. The van der Waals surface area contributed by atoms with Crippen LogP contribution in [0.15, 0.2) is 42.6 Å². The van der Waals surface area contributed by atoms with E-state index < -0.39 is 11.6 Å². The van der Waals surface area contributed by atoms with Gasteiger partial charge in [-0.1, -0.05) is 17.7 Å². The van der Waals surface area contributed by atoms with Gasteiger partial charge in [-0.25, -0.2) is 8.78 Å². The smallest absolute Gasteiger partial charge is 0.249 e. The van der Waals surface area contributed by atoms with E-state index in [2.05, 4.69) is 25.8 Å². The molecule has 0 fully saturated rings. The largest absolute Gasteiger partial charge is 0.339 e. The van der Waals surface area contributed by atoms with Crippen molar-refractivity contribution < 1.29 is 8.78 Å². The van der Waals surface area contributed by atoms with Gasteiger partial charge in [-0.15, -0.1) is 5.10 Å². The van der Waals surface area contributed by atoms with Crippen molar-refractivity contribution in [2.45, 2.75) is 6.92 Å². The molecule has 1 heterocycles. The molecule has 0 saturated carbocycles. The van der Waals surface area contributed by atoms with E-state index in [0.717, 1.165) is 23.4 Å². The van der Waals surface area contributed by atoms with E-state index in [0.29, 0.717) is 10.8 Å². The minimum absolute atomic E-state index is 0.0498. The predicted molar refractivity (Wildman–Crippen MR) is 88.9 cm³/mol. The van der Waals surface area contributed by atoms with E-state index in [4.69, 9.17) is 11.6 Å². The third-order valence-corrected chi connectivity index (χ3v) is 3.59. The fourth-order valence-corrected chi connectivity index (χ4v) is 2.13. The standard InChI is InChI=1S/C16H12ClF2N5/c1-9-2-4-11(7-12(9)17)21-15-8-20-24-16(23-15)22-14-5-3-10(18)6-13(14)19/h2-8H,1H3,(H2,21,22,23,24). The summed E-state index contributed by atoms with van der Waals surface area (Å²) in [5.74, 6) is -0.940. The fraction of sp³-hybridized carbons (Fsp3) is 0.0625. The molecule has 0 aliphatic carbocycles. The van der Waals surface area contributed by atoms with Gasteiger partial charge in [-0.2, -0.15) is 10.1 Å². The van der Waals surface area contributed by atoms with Gasteiger partial charge < -0.3 is 10.6 Å². The van der Waals surface area contributed by atoms with E-state index in [9.17, 15) is 8.78 Å². The zero-order chi connectivity index (χ0) is 17.1. The van der Waals surface area contributed by atoms with Crippen molar-refractivity contribution in [3.05, 3.63) is 64.8 Å². The second kappa shape index (κ2) is 6.76. The lowest BCUT2D eigenvalue weighted by Gasteiger charge is -2.09. The first kappa shape index (κ1) is 16.1. The molecule has 0 unspecified atom stereocenters. The summed E-state index contributed by atoms with van der Waals surface area (Å²) in [5, 5.41) is 13.9. The maximum Gasteiger partial charge on any atom is 0.249 e. The normalized spacial score (nSPS) is 10.5. The Labute approximate surface area is 141 Å². The van der Waals surface area contributed by atoms with Gasteiger partial charge in [0.2, 0.25) is 5.95 Å². The Bertz CT molecular complexity index is 888. The van der Waals surface area contributed by atoms with Crippen molar-refractivity contribution >= 4 is 34.7 Å². The predicted octanol–water partition coefficient (Wildman–Crippen LogP) is 4.60. The molecule has 1 aromatic heterocycles. The summed E-state index contributed by atoms with van der Waals surface area (Å²) in [6.07, 6.45) is 1.42. The van der Waals surface area contributed by atoms with Crippen molar-refractivity contribution in [2.24, 2.45) is 0 Å². The molecular formula is C16H12ClF2N5. The van der Waals surface area contributed by atoms with Crippen LogP contribution in [0, 0.1) is 18.6 Å². The summed E-state index contributed by atoms with van der Waals surface area (Å²) in [6.45, 7) is 1.90. The van der Waals surface area contributed by atoms with Gasteiger partial charge in [-0.05, 0) is 36.8 Å². The van der Waals surface area contributed by atoms with E-state index in [1.54, 1.807) is 6.07 Å². The number of hydrogen-bond donors (Lipinski definition) is 2. The van der Waals surface area contributed by atoms with Crippen LogP contribution in [0.2, 0.25) is 5.02 Å². The average molecular weight is 348 g/mol. The highest BCUT2D eigenvalue weighted by Gasteiger charge is 2.07. The highest BCUT2D eigenvalue weighted by molar-refractivity contribution is 6.31. The Morgan fingerprint density at radius 2 is 1.88 bits per heavy atom. The topological polar surface area (TPSA) is 62.7 Å². The molecular weight excluding hydrogens is 336 g/mol. The summed E-state index contributed by atoms with van der Waals surface area (Å²) in [4.78, 5) is 4.18. The van der Waals surface area contributed by atoms with E-state index in [-0.39, 0.29) is 11.6 Å². The van der Waals surface area contributed by atoms with Crippen LogP contribution in [0.5, 0.6) is 0 Å². The van der Waals surface area contributed by atoms with Crippen molar-refractivity contribution in [3.8, 4) is 0 Å². The molecule has 5 nitrogen and oxygen atoms in total. The van der Waals surface area contributed by atoms with Crippen LogP contribution in [0.3, 0.4) is 0 Å². The lowest BCUT2D eigenvalue weighted by Crippen LogP contribution is -2.03. The summed E-state index contributed by atoms with van der Waals surface area (Å²) >= 11 is 6.08. The van der Waals surface area contributed by atoms with E-state index in [1.165, 1.54) is 12.3 Å². The van der Waals surface area contributed by atoms with Gasteiger partial charge >= 0.3 is 0 Å². The number of hydrogen-bond acceptors (Lipinski definition) is 5. The minimum Gasteiger partial charge on any atom is -0.339 e. The number of aromatic nitrogens is 3. The quantitative estimate of drug-likeness (QED) is 0.722. The van der Waals surface area contributed by atoms with Crippen LogP contribution in [0.1, 0.15) is 5.56 Å². The molecule has 0 radical (unpaired) electrons. The van der Waals surface area contributed by atoms with Gasteiger partial charge in [0.05, 0.1) is 11.9 Å². The van der Waals surface area contributed by atoms with Crippen molar-refractivity contribution in [1.82, 2.24) is 15.2 Å². The van der Waals surface area contributed by atoms with Crippen molar-refractivity contribution in [2.75, 3.05) is 10.6 Å². The SMILES string of the molecule is Cc1ccc(Nc2cnnc(Nc3ccc(F)cc3F)n2)cc1Cl. The third kappa shape index (κ3) is 3.75. The maximum atomic E-state index is 13.7. The second-order valence-electron chi connectivity index (χ2n) is 5.00. The zero-order valence-electron chi connectivity index (χ0n) is 12.5. The molecule has 0 amide bonds. The van der Waals surface area contributed by atoms with Crippen LogP contribution in [-0.2, 0) is 0 Å². The number of benzene rings is 2. The van der Waals surface area contributed by atoms with Gasteiger partial charge in [0, 0.05) is 16.8 Å². The lowest BCUT2D eigenvalue weighted by atomic mass is 10.2. The number of rotatable bonds is 4. The zero-order valence-corrected chi connectivity index (χ0v) is 13.3. The molecule has 2 aromatic carbocycles. The van der Waals surface area contributed by atoms with Crippen molar-refractivity contribution in [1.29, 1.82) is 0 Å². The average Bonchev–Trinajstić information content (AvgIpc) is 2.54. The number of aryl methyl sites for hydroxylation is 1. The number of nitrogens with one attached hydrogen (secondary N) is 2. The monoisotopic (exact) mass is 347 g/mol. The molecule has 2 N–H and O–H groups in total. The molecule has 122 valence electrons. The minimum atomic E-state index is -0.748. The van der Waals surface area contributed by atoms with Gasteiger partial charge in [0.1, 0.15) is 11.6 Å². The summed E-state index contributed by atoms with van der Waals surface area (Å²) in [5.41, 5.74) is 1.73. The molecule has 3 aromatic rings. The Balaban J connectivity index is 1.79. The Kier molecular flexibility index (Phi) is 4.52. The molecule has 0 spiro atoms. The Hall–Kier alpha value is -2.80. The molecule has 0 saturated heterocycles. The van der Waals surface area contributed by atoms with Gasteiger partial charge in [0.25, 0.3) is 0 Å². The van der Waals surface area contributed by atoms with Crippen LogP contribution < -0.4 is 10.6 Å². The highest BCUT2D eigenvalue weighted by atomic mass is 35.5. The maximum absolute atomic E-state index is 13.7. The van der Waals surface area contributed by atoms with Crippen LogP contribution >= 0.6 is 11.6 Å².